The van der Waals surface area contributed by atoms with Gasteiger partial charge in [0.25, 0.3) is 0 Å². The normalized spacial score (nSPS) is 15.6. The van der Waals surface area contributed by atoms with Gasteiger partial charge in [-0.15, -0.1) is 11.8 Å². The predicted molar refractivity (Wildman–Crippen MR) is 133 cm³/mol. The molecule has 7 nitrogen and oxygen atoms in total. The van der Waals surface area contributed by atoms with Gasteiger partial charge in [0.1, 0.15) is 12.4 Å². The molecule has 5 rings (SSSR count). The lowest BCUT2D eigenvalue weighted by Gasteiger charge is -2.18. The number of hydrogen-bond donors (Lipinski definition) is 1. The van der Waals surface area contributed by atoms with E-state index in [1.165, 1.54) is 0 Å². The number of carbonyl (C=O) groups excluding carboxylic acids is 1. The fraction of sp³-hybridized carbons (Fsp3) is 0.208. The summed E-state index contributed by atoms with van der Waals surface area (Å²) < 4.78 is 14.1. The third kappa shape index (κ3) is 3.98. The minimum absolute atomic E-state index is 0.0658. The van der Waals surface area contributed by atoms with Gasteiger partial charge in [-0.25, -0.2) is 4.98 Å². The number of amides is 1. The molecule has 0 saturated heterocycles. The van der Waals surface area contributed by atoms with Gasteiger partial charge in [-0.3, -0.25) is 4.79 Å². The van der Waals surface area contributed by atoms with Crippen LogP contribution in [0.1, 0.15) is 22.1 Å². The second-order valence-corrected chi connectivity index (χ2v) is 9.58. The van der Waals surface area contributed by atoms with E-state index in [0.717, 1.165) is 32.2 Å². The summed E-state index contributed by atoms with van der Waals surface area (Å²) in [6, 6.07) is 13.8. The minimum atomic E-state index is -0.107. The molecule has 0 spiro atoms. The molecule has 0 radical (unpaired) electrons. The average molecular weight is 479 g/mol. The second-order valence-electron chi connectivity index (χ2n) is 7.47. The van der Waals surface area contributed by atoms with Crippen molar-refractivity contribution in [1.29, 1.82) is 0 Å². The monoisotopic (exact) mass is 478 g/mol. The number of fused-ring (bicyclic) bond motifs is 2. The van der Waals surface area contributed by atoms with Crippen molar-refractivity contribution < 1.29 is 14.3 Å². The van der Waals surface area contributed by atoms with Crippen LogP contribution >= 0.6 is 23.1 Å². The molecule has 0 bridgehead atoms. The molecule has 3 heterocycles. The number of ether oxygens (including phenoxy) is 2. The smallest absolute Gasteiger partial charge is 0.235 e. The Balaban J connectivity index is 1.61. The van der Waals surface area contributed by atoms with Gasteiger partial charge in [-0.05, 0) is 36.8 Å². The molecule has 168 valence electrons. The third-order valence-corrected chi connectivity index (χ3v) is 7.60. The van der Waals surface area contributed by atoms with Crippen LogP contribution in [0.25, 0.3) is 15.3 Å². The summed E-state index contributed by atoms with van der Waals surface area (Å²) in [5.74, 6) is 2.21. The minimum Gasteiger partial charge on any atom is -0.493 e. The van der Waals surface area contributed by atoms with E-state index in [1.54, 1.807) is 41.0 Å². The molecule has 1 amide bonds. The number of nitrogens with zero attached hydrogens (tertiary/aromatic N) is 3. The van der Waals surface area contributed by atoms with Gasteiger partial charge in [-0.1, -0.05) is 42.2 Å². The highest BCUT2D eigenvalue weighted by atomic mass is 32.2. The Labute approximate surface area is 199 Å². The number of rotatable bonds is 6. The Morgan fingerprint density at radius 1 is 1.27 bits per heavy atom. The highest BCUT2D eigenvalue weighted by Gasteiger charge is 2.31. The lowest BCUT2D eigenvalue weighted by molar-refractivity contribution is -0.113. The largest absolute Gasteiger partial charge is 0.493 e. The fourth-order valence-electron chi connectivity index (χ4n) is 3.85. The molecule has 33 heavy (non-hydrogen) atoms. The molecule has 0 saturated carbocycles. The zero-order valence-corrected chi connectivity index (χ0v) is 19.8. The van der Waals surface area contributed by atoms with E-state index >= 15 is 0 Å². The first kappa shape index (κ1) is 21.5. The van der Waals surface area contributed by atoms with Gasteiger partial charge in [0.05, 0.1) is 34.0 Å². The van der Waals surface area contributed by atoms with Crippen molar-refractivity contribution in [2.45, 2.75) is 12.2 Å². The van der Waals surface area contributed by atoms with Crippen molar-refractivity contribution in [1.82, 2.24) is 14.8 Å². The molecule has 0 aliphatic carbocycles. The summed E-state index contributed by atoms with van der Waals surface area (Å²) in [4.78, 5) is 17.4. The summed E-state index contributed by atoms with van der Waals surface area (Å²) in [5.41, 5.74) is 3.72. The lowest BCUT2D eigenvalue weighted by atomic mass is 10.0. The SMILES string of the molecule is C=CCOc1ccc(C2SCC(=O)Nc3c2c(C)nn3-c2nc3ccccc3s2)cc1OC. The molecule has 1 atom stereocenters. The maximum atomic E-state index is 12.6. The number of nitrogens with one attached hydrogen (secondary N) is 1. The van der Waals surface area contributed by atoms with E-state index in [-0.39, 0.29) is 11.2 Å². The number of methoxy groups -OCH3 is 1. The zero-order valence-electron chi connectivity index (χ0n) is 18.2. The Kier molecular flexibility index (Phi) is 5.82. The average Bonchev–Trinajstić information content (AvgIpc) is 3.34. The van der Waals surface area contributed by atoms with E-state index in [0.29, 0.717) is 29.7 Å². The van der Waals surface area contributed by atoms with E-state index in [2.05, 4.69) is 11.9 Å². The van der Waals surface area contributed by atoms with E-state index in [4.69, 9.17) is 19.6 Å². The van der Waals surface area contributed by atoms with Crippen LogP contribution in [0.4, 0.5) is 5.82 Å². The summed E-state index contributed by atoms with van der Waals surface area (Å²) in [6.07, 6.45) is 1.69. The number of aryl methyl sites for hydroxylation is 1. The fourth-order valence-corrected chi connectivity index (χ4v) is 5.95. The molecule has 2 aromatic heterocycles. The molecule has 9 heteroatoms. The first-order valence-electron chi connectivity index (χ1n) is 10.4. The van der Waals surface area contributed by atoms with Crippen LogP contribution in [-0.4, -0.2) is 40.1 Å². The predicted octanol–water partition coefficient (Wildman–Crippen LogP) is 5.14. The Bertz CT molecular complexity index is 1330. The number of para-hydroxylation sites is 1. The van der Waals surface area contributed by atoms with Crippen LogP contribution in [0.3, 0.4) is 0 Å². The van der Waals surface area contributed by atoms with Crippen LogP contribution in [0.2, 0.25) is 0 Å². The van der Waals surface area contributed by atoms with E-state index in [9.17, 15) is 4.79 Å². The van der Waals surface area contributed by atoms with Crippen molar-refractivity contribution in [3.63, 3.8) is 0 Å². The second kappa shape index (κ2) is 8.92. The Morgan fingerprint density at radius 3 is 2.91 bits per heavy atom. The highest BCUT2D eigenvalue weighted by Crippen LogP contribution is 2.46. The van der Waals surface area contributed by atoms with Gasteiger partial charge < -0.3 is 14.8 Å². The van der Waals surface area contributed by atoms with Crippen molar-refractivity contribution in [2.75, 3.05) is 24.8 Å². The molecule has 1 aliphatic heterocycles. The molecule has 2 aromatic carbocycles. The number of benzene rings is 2. The highest BCUT2D eigenvalue weighted by molar-refractivity contribution is 8.00. The van der Waals surface area contributed by atoms with Crippen LogP contribution in [0.15, 0.2) is 55.1 Å². The van der Waals surface area contributed by atoms with Crippen LogP contribution < -0.4 is 14.8 Å². The van der Waals surface area contributed by atoms with Crippen LogP contribution in [0, 0.1) is 6.92 Å². The van der Waals surface area contributed by atoms with Gasteiger partial charge >= 0.3 is 0 Å². The summed E-state index contributed by atoms with van der Waals surface area (Å²) in [5, 5.41) is 8.46. The maximum Gasteiger partial charge on any atom is 0.235 e. The maximum absolute atomic E-state index is 12.6. The van der Waals surface area contributed by atoms with E-state index in [1.807, 2.05) is 49.4 Å². The first-order chi connectivity index (χ1) is 16.1. The molecule has 1 N–H and O–H groups in total. The van der Waals surface area contributed by atoms with Crippen molar-refractivity contribution in [3.8, 4) is 16.6 Å². The van der Waals surface area contributed by atoms with Gasteiger partial charge in [-0.2, -0.15) is 9.78 Å². The molecule has 1 unspecified atom stereocenters. The molecular formula is C24H22N4O3S2. The molecule has 4 aromatic rings. The van der Waals surface area contributed by atoms with Crippen LogP contribution in [0.5, 0.6) is 11.5 Å². The zero-order chi connectivity index (χ0) is 22.9. The summed E-state index contributed by atoms with van der Waals surface area (Å²) >= 11 is 3.11. The topological polar surface area (TPSA) is 78.3 Å². The van der Waals surface area contributed by atoms with Crippen molar-refractivity contribution in [3.05, 3.63) is 71.9 Å². The van der Waals surface area contributed by atoms with Gasteiger partial charge in [0.2, 0.25) is 11.0 Å². The lowest BCUT2D eigenvalue weighted by Crippen LogP contribution is -2.15. The number of thioether (sulfide) groups is 1. The number of hydrogen-bond acceptors (Lipinski definition) is 7. The quantitative estimate of drug-likeness (QED) is 0.387. The number of aromatic nitrogens is 3. The Morgan fingerprint density at radius 2 is 2.12 bits per heavy atom. The Hall–Kier alpha value is -3.30. The summed E-state index contributed by atoms with van der Waals surface area (Å²) in [6.45, 7) is 6.05. The third-order valence-electron chi connectivity index (χ3n) is 5.32. The number of anilines is 1. The van der Waals surface area contributed by atoms with Crippen molar-refractivity contribution in [2.24, 2.45) is 0 Å². The van der Waals surface area contributed by atoms with Gasteiger partial charge in [0, 0.05) is 5.56 Å². The number of thiazole rings is 1. The van der Waals surface area contributed by atoms with E-state index < -0.39 is 0 Å². The molecule has 1 aliphatic rings. The standard InChI is InChI=1S/C24H22N4O3S2/c1-4-11-31-17-10-9-15(12-18(17)30-3)22-21-14(2)27-28(23(21)26-20(29)13-32-22)24-25-16-7-5-6-8-19(16)33-24/h4-10,12,22H,1,11,13H2,2-3H3,(H,26,29). The first-order valence-corrected chi connectivity index (χ1v) is 12.2. The summed E-state index contributed by atoms with van der Waals surface area (Å²) in [7, 11) is 1.62. The van der Waals surface area contributed by atoms with Crippen LogP contribution in [-0.2, 0) is 4.79 Å². The van der Waals surface area contributed by atoms with Gasteiger partial charge in [0.15, 0.2) is 11.5 Å². The number of carbonyl (C=O) groups is 1. The molecule has 0 fully saturated rings. The van der Waals surface area contributed by atoms with Crippen molar-refractivity contribution >= 4 is 45.0 Å². The molecular weight excluding hydrogens is 456 g/mol.